The molecule has 0 fully saturated rings. The number of furan rings is 1. The van der Waals surface area contributed by atoms with Crippen molar-refractivity contribution in [1.82, 2.24) is 9.97 Å². The van der Waals surface area contributed by atoms with Gasteiger partial charge in [-0.25, -0.2) is 4.98 Å². The molecule has 21 heavy (non-hydrogen) atoms. The molecule has 2 aromatic heterocycles. The molecule has 0 aliphatic heterocycles. The zero-order valence-electron chi connectivity index (χ0n) is 11.6. The molecule has 2 N–H and O–H groups in total. The van der Waals surface area contributed by atoms with E-state index in [0.29, 0.717) is 39.7 Å². The number of carbonyl (C=O) groups is 1. The number of hydrogen-bond acceptors (Lipinski definition) is 5. The monoisotopic (exact) mass is 283 g/mol. The number of ether oxygens (including phenoxy) is 1. The van der Waals surface area contributed by atoms with E-state index in [4.69, 9.17) is 14.9 Å². The van der Waals surface area contributed by atoms with Gasteiger partial charge in [-0.3, -0.25) is 4.79 Å². The maximum Gasteiger partial charge on any atom is 0.252 e. The summed E-state index contributed by atoms with van der Waals surface area (Å²) in [4.78, 5) is 19.6. The molecule has 1 aromatic carbocycles. The molecule has 0 spiro atoms. The number of aromatic nitrogens is 2. The topological polar surface area (TPSA) is 91.2 Å². The summed E-state index contributed by atoms with van der Waals surface area (Å²) in [5.41, 5.74) is 6.30. The van der Waals surface area contributed by atoms with Gasteiger partial charge in [0.05, 0.1) is 5.56 Å². The van der Waals surface area contributed by atoms with Crippen LogP contribution in [0, 0.1) is 13.8 Å². The summed E-state index contributed by atoms with van der Waals surface area (Å²) in [6, 6.07) is 6.85. The molecule has 0 aliphatic carbocycles. The predicted octanol–water partition coefficient (Wildman–Crippen LogP) is 2.73. The highest BCUT2D eigenvalue weighted by molar-refractivity contribution is 6.06. The molecule has 6 heteroatoms. The fraction of sp³-hybridized carbons (Fsp3) is 0.133. The molecule has 0 atom stereocenters. The fourth-order valence-corrected chi connectivity index (χ4v) is 2.18. The van der Waals surface area contributed by atoms with Crippen molar-refractivity contribution in [2.75, 3.05) is 0 Å². The zero-order chi connectivity index (χ0) is 15.0. The molecule has 106 valence electrons. The van der Waals surface area contributed by atoms with Gasteiger partial charge < -0.3 is 14.9 Å². The first-order chi connectivity index (χ1) is 10.0. The highest BCUT2D eigenvalue weighted by atomic mass is 16.5. The van der Waals surface area contributed by atoms with Gasteiger partial charge in [-0.2, -0.15) is 4.98 Å². The number of rotatable bonds is 3. The molecule has 0 aliphatic rings. The van der Waals surface area contributed by atoms with E-state index in [1.807, 2.05) is 0 Å². The van der Waals surface area contributed by atoms with Gasteiger partial charge >= 0.3 is 0 Å². The molecular weight excluding hydrogens is 270 g/mol. The Morgan fingerprint density at radius 3 is 2.81 bits per heavy atom. The summed E-state index contributed by atoms with van der Waals surface area (Å²) in [6.45, 7) is 3.49. The third kappa shape index (κ3) is 2.43. The van der Waals surface area contributed by atoms with Crippen molar-refractivity contribution in [1.29, 1.82) is 0 Å². The third-order valence-corrected chi connectivity index (χ3v) is 3.06. The third-order valence-electron chi connectivity index (χ3n) is 3.06. The molecule has 6 nitrogen and oxygen atoms in total. The van der Waals surface area contributed by atoms with E-state index in [2.05, 4.69) is 9.97 Å². The predicted molar refractivity (Wildman–Crippen MR) is 76.3 cm³/mol. The Balaban J connectivity index is 2.00. The van der Waals surface area contributed by atoms with Crippen LogP contribution in [0.15, 0.2) is 34.9 Å². The van der Waals surface area contributed by atoms with E-state index in [0.717, 1.165) is 0 Å². The number of benzene rings is 1. The van der Waals surface area contributed by atoms with Crippen molar-refractivity contribution >= 4 is 16.9 Å². The largest absolute Gasteiger partial charge is 0.460 e. The molecular formula is C15H13N3O3. The zero-order valence-corrected chi connectivity index (χ0v) is 11.6. The fourth-order valence-electron chi connectivity index (χ4n) is 2.18. The second-order valence-electron chi connectivity index (χ2n) is 4.60. The van der Waals surface area contributed by atoms with Crippen molar-refractivity contribution in [3.05, 3.63) is 47.6 Å². The first-order valence-electron chi connectivity index (χ1n) is 6.35. The number of carbonyl (C=O) groups excluding carboxylic acids is 1. The minimum atomic E-state index is -0.508. The number of aryl methyl sites for hydroxylation is 2. The van der Waals surface area contributed by atoms with Crippen molar-refractivity contribution in [3.63, 3.8) is 0 Å². The van der Waals surface area contributed by atoms with E-state index in [9.17, 15) is 4.79 Å². The van der Waals surface area contributed by atoms with E-state index in [1.165, 1.54) is 0 Å². The second-order valence-corrected chi connectivity index (χ2v) is 4.60. The van der Waals surface area contributed by atoms with Gasteiger partial charge in [0.2, 0.25) is 5.88 Å². The van der Waals surface area contributed by atoms with Crippen molar-refractivity contribution < 1.29 is 13.9 Å². The van der Waals surface area contributed by atoms with E-state index < -0.39 is 5.91 Å². The molecule has 2 heterocycles. The van der Waals surface area contributed by atoms with Crippen LogP contribution in [0.1, 0.15) is 21.9 Å². The Morgan fingerprint density at radius 1 is 1.29 bits per heavy atom. The maximum atomic E-state index is 11.4. The number of fused-ring (bicyclic) bond motifs is 1. The summed E-state index contributed by atoms with van der Waals surface area (Å²) >= 11 is 0. The highest BCUT2D eigenvalue weighted by Gasteiger charge is 2.16. The molecule has 0 radical (unpaired) electrons. The van der Waals surface area contributed by atoms with Crippen LogP contribution in [0.3, 0.4) is 0 Å². The van der Waals surface area contributed by atoms with E-state index in [1.54, 1.807) is 44.3 Å². The van der Waals surface area contributed by atoms with E-state index in [-0.39, 0.29) is 0 Å². The van der Waals surface area contributed by atoms with Gasteiger partial charge in [0.25, 0.3) is 5.91 Å². The number of nitrogens with two attached hydrogens (primary N) is 1. The van der Waals surface area contributed by atoms with Crippen LogP contribution < -0.4 is 10.5 Å². The van der Waals surface area contributed by atoms with Crippen LogP contribution in [-0.2, 0) is 0 Å². The smallest absolute Gasteiger partial charge is 0.252 e. The molecule has 1 amide bonds. The van der Waals surface area contributed by atoms with Gasteiger partial charge in [0.15, 0.2) is 0 Å². The van der Waals surface area contributed by atoms with Gasteiger partial charge in [-0.15, -0.1) is 0 Å². The highest BCUT2D eigenvalue weighted by Crippen LogP contribution is 2.30. The van der Waals surface area contributed by atoms with Crippen LogP contribution >= 0.6 is 0 Å². The first kappa shape index (κ1) is 13.1. The van der Waals surface area contributed by atoms with Crippen molar-refractivity contribution in [2.45, 2.75) is 13.8 Å². The number of nitrogens with zero attached hydrogens (tertiary/aromatic N) is 2. The van der Waals surface area contributed by atoms with Gasteiger partial charge in [-0.1, -0.05) is 0 Å². The van der Waals surface area contributed by atoms with Gasteiger partial charge in [0.1, 0.15) is 22.9 Å². The second kappa shape index (κ2) is 4.90. The number of primary amides is 1. The first-order valence-corrected chi connectivity index (χ1v) is 6.35. The van der Waals surface area contributed by atoms with Crippen LogP contribution in [-0.4, -0.2) is 15.9 Å². The lowest BCUT2D eigenvalue weighted by Crippen LogP contribution is -2.11. The lowest BCUT2D eigenvalue weighted by Gasteiger charge is -2.04. The molecule has 0 bridgehead atoms. The summed E-state index contributed by atoms with van der Waals surface area (Å²) in [5.74, 6) is 1.61. The molecule has 3 rings (SSSR count). The standard InChI is InChI=1S/C15H13N3O3/c1-8-14(15(16)19)11-4-3-10(7-12(11)20-8)21-13-5-6-17-9(2)18-13/h3-7H,1-2H3,(H2,16,19). The normalized spacial score (nSPS) is 10.8. The van der Waals surface area contributed by atoms with Crippen LogP contribution in [0.5, 0.6) is 11.6 Å². The van der Waals surface area contributed by atoms with Gasteiger partial charge in [0, 0.05) is 23.7 Å². The average molecular weight is 283 g/mol. The molecule has 0 saturated carbocycles. The maximum absolute atomic E-state index is 11.4. The van der Waals surface area contributed by atoms with Crippen LogP contribution in [0.4, 0.5) is 0 Å². The lowest BCUT2D eigenvalue weighted by atomic mass is 10.1. The quantitative estimate of drug-likeness (QED) is 0.798. The Labute approximate surface area is 120 Å². The Morgan fingerprint density at radius 2 is 2.10 bits per heavy atom. The minimum absolute atomic E-state index is 0.398. The van der Waals surface area contributed by atoms with Gasteiger partial charge in [-0.05, 0) is 26.0 Å². The lowest BCUT2D eigenvalue weighted by molar-refractivity contribution is 0.1000. The van der Waals surface area contributed by atoms with Crippen molar-refractivity contribution in [3.8, 4) is 11.6 Å². The van der Waals surface area contributed by atoms with Crippen LogP contribution in [0.25, 0.3) is 11.0 Å². The Bertz CT molecular complexity index is 839. The van der Waals surface area contributed by atoms with Crippen molar-refractivity contribution in [2.24, 2.45) is 5.73 Å². The minimum Gasteiger partial charge on any atom is -0.460 e. The summed E-state index contributed by atoms with van der Waals surface area (Å²) in [7, 11) is 0. The number of amides is 1. The summed E-state index contributed by atoms with van der Waals surface area (Å²) in [6.07, 6.45) is 1.62. The molecule has 0 saturated heterocycles. The Kier molecular flexibility index (Phi) is 3.06. The SMILES string of the molecule is Cc1nccc(Oc2ccc3c(C(N)=O)c(C)oc3c2)n1. The van der Waals surface area contributed by atoms with E-state index >= 15 is 0 Å². The molecule has 0 unspecified atom stereocenters. The van der Waals surface area contributed by atoms with Crippen LogP contribution in [0.2, 0.25) is 0 Å². The molecule has 3 aromatic rings. The summed E-state index contributed by atoms with van der Waals surface area (Å²) < 4.78 is 11.2. The average Bonchev–Trinajstić information content (AvgIpc) is 2.74. The Hall–Kier alpha value is -2.89. The number of hydrogen-bond donors (Lipinski definition) is 1. The summed E-state index contributed by atoms with van der Waals surface area (Å²) in [5, 5.41) is 0.672.